The van der Waals surface area contributed by atoms with Crippen molar-refractivity contribution in [2.45, 2.75) is 18.8 Å². The molecule has 0 atom stereocenters. The Balaban J connectivity index is 1.52. The fourth-order valence-corrected chi connectivity index (χ4v) is 4.60. The van der Waals surface area contributed by atoms with Crippen LogP contribution in [0.3, 0.4) is 0 Å². The highest BCUT2D eigenvalue weighted by Crippen LogP contribution is 2.42. The van der Waals surface area contributed by atoms with E-state index in [0.29, 0.717) is 11.1 Å². The summed E-state index contributed by atoms with van der Waals surface area (Å²) < 4.78 is 2.03. The number of hydrogen-bond acceptors (Lipinski definition) is 3. The number of hydrogen-bond donors (Lipinski definition) is 0. The van der Waals surface area contributed by atoms with Crippen LogP contribution >= 0.6 is 11.6 Å². The van der Waals surface area contributed by atoms with E-state index in [-0.39, 0.29) is 0 Å². The number of benzene rings is 2. The smallest absolute Gasteiger partial charge is 0.133 e. The average Bonchev–Trinajstić information content (AvgIpc) is 3.17. The van der Waals surface area contributed by atoms with Crippen LogP contribution in [0.4, 0.5) is 0 Å². The first kappa shape index (κ1) is 18.3. The molecule has 1 saturated carbocycles. The third-order valence-corrected chi connectivity index (χ3v) is 6.27. The molecule has 1 aliphatic rings. The Bertz CT molecular complexity index is 1460. The summed E-state index contributed by atoms with van der Waals surface area (Å²) in [5.41, 5.74) is 7.07. The molecule has 1 aliphatic carbocycles. The van der Waals surface area contributed by atoms with Gasteiger partial charge < -0.3 is 0 Å². The minimum Gasteiger partial charge on any atom is -0.283 e. The van der Waals surface area contributed by atoms with Crippen molar-refractivity contribution < 1.29 is 0 Å². The molecule has 5 heteroatoms. The highest BCUT2D eigenvalue weighted by Gasteiger charge is 2.29. The SMILES string of the molecule is C=C1CC(c2nc(-c3ccc4ccc(-c5ccccc5)nc4c3)c3cncc(Cl)n23)C1. The third kappa shape index (κ3) is 3.03. The molecule has 0 spiro atoms. The average molecular weight is 423 g/mol. The van der Waals surface area contributed by atoms with Gasteiger partial charge in [-0.05, 0) is 25.0 Å². The molecule has 0 radical (unpaired) electrons. The van der Waals surface area contributed by atoms with Gasteiger partial charge in [-0.1, -0.05) is 72.3 Å². The third-order valence-electron chi connectivity index (χ3n) is 6.00. The van der Waals surface area contributed by atoms with Gasteiger partial charge in [-0.2, -0.15) is 0 Å². The van der Waals surface area contributed by atoms with Gasteiger partial charge in [0, 0.05) is 22.4 Å². The van der Waals surface area contributed by atoms with E-state index in [2.05, 4.69) is 54.0 Å². The second-order valence-corrected chi connectivity index (χ2v) is 8.48. The maximum absolute atomic E-state index is 6.53. The number of allylic oxidation sites excluding steroid dienone is 1. The maximum Gasteiger partial charge on any atom is 0.133 e. The molecule has 5 aromatic rings. The van der Waals surface area contributed by atoms with E-state index in [1.165, 1.54) is 5.57 Å². The molecule has 1 fully saturated rings. The normalized spacial score (nSPS) is 14.3. The van der Waals surface area contributed by atoms with Gasteiger partial charge in [0.1, 0.15) is 11.0 Å². The Kier molecular flexibility index (Phi) is 4.15. The summed E-state index contributed by atoms with van der Waals surface area (Å²) in [6.45, 7) is 4.08. The monoisotopic (exact) mass is 422 g/mol. The Morgan fingerprint density at radius 2 is 1.71 bits per heavy atom. The second kappa shape index (κ2) is 7.03. The number of aromatic nitrogens is 4. The fourth-order valence-electron chi connectivity index (χ4n) is 4.36. The summed E-state index contributed by atoms with van der Waals surface area (Å²) in [6, 6.07) is 20.7. The highest BCUT2D eigenvalue weighted by atomic mass is 35.5. The lowest BCUT2D eigenvalue weighted by Gasteiger charge is -2.27. The van der Waals surface area contributed by atoms with Gasteiger partial charge in [0.25, 0.3) is 0 Å². The standard InChI is InChI=1S/C26H19ClN4/c1-16-11-20(12-16)26-30-25(23-14-28-15-24(27)31(23)26)19-8-7-18-9-10-21(29-22(18)13-19)17-5-3-2-4-6-17/h2-10,13-15,20H,1,11-12H2. The van der Waals surface area contributed by atoms with Gasteiger partial charge in [-0.15, -0.1) is 0 Å². The Hall–Kier alpha value is -3.50. The molecule has 3 heterocycles. The molecule has 2 aromatic carbocycles. The lowest BCUT2D eigenvalue weighted by molar-refractivity contribution is 0.521. The van der Waals surface area contributed by atoms with Crippen molar-refractivity contribution >= 4 is 28.0 Å². The molecular weight excluding hydrogens is 404 g/mol. The Morgan fingerprint density at radius 1 is 0.903 bits per heavy atom. The van der Waals surface area contributed by atoms with E-state index in [4.69, 9.17) is 21.6 Å². The Morgan fingerprint density at radius 3 is 2.52 bits per heavy atom. The minimum absolute atomic E-state index is 0.344. The van der Waals surface area contributed by atoms with E-state index in [1.807, 2.05) is 28.8 Å². The number of fused-ring (bicyclic) bond motifs is 2. The minimum atomic E-state index is 0.344. The number of pyridine rings is 1. The van der Waals surface area contributed by atoms with Gasteiger partial charge in [0.15, 0.2) is 0 Å². The molecule has 4 nitrogen and oxygen atoms in total. The highest BCUT2D eigenvalue weighted by molar-refractivity contribution is 6.29. The molecule has 6 rings (SSSR count). The van der Waals surface area contributed by atoms with Crippen molar-refractivity contribution in [3.8, 4) is 22.5 Å². The zero-order chi connectivity index (χ0) is 20.9. The lowest BCUT2D eigenvalue weighted by Crippen LogP contribution is -2.15. The Labute approximate surface area is 184 Å². The quantitative estimate of drug-likeness (QED) is 0.304. The van der Waals surface area contributed by atoms with Crippen molar-refractivity contribution in [2.24, 2.45) is 0 Å². The first-order chi connectivity index (χ1) is 15.2. The maximum atomic E-state index is 6.53. The van der Waals surface area contributed by atoms with Crippen LogP contribution < -0.4 is 0 Å². The van der Waals surface area contributed by atoms with E-state index >= 15 is 0 Å². The van der Waals surface area contributed by atoms with Gasteiger partial charge >= 0.3 is 0 Å². The molecule has 0 saturated heterocycles. The van der Waals surface area contributed by atoms with E-state index in [0.717, 1.165) is 57.6 Å². The summed E-state index contributed by atoms with van der Waals surface area (Å²) in [7, 11) is 0. The van der Waals surface area contributed by atoms with Crippen molar-refractivity contribution in [1.82, 2.24) is 19.4 Å². The van der Waals surface area contributed by atoms with Crippen molar-refractivity contribution in [1.29, 1.82) is 0 Å². The van der Waals surface area contributed by atoms with E-state index < -0.39 is 0 Å². The van der Waals surface area contributed by atoms with Crippen LogP contribution in [0.25, 0.3) is 38.9 Å². The summed E-state index contributed by atoms with van der Waals surface area (Å²) in [4.78, 5) is 14.3. The van der Waals surface area contributed by atoms with Crippen LogP contribution in [0, 0.1) is 0 Å². The molecule has 0 N–H and O–H groups in total. The molecule has 0 unspecified atom stereocenters. The number of halogens is 1. The van der Waals surface area contributed by atoms with Crippen LogP contribution in [0.2, 0.25) is 5.15 Å². The number of imidazole rings is 1. The van der Waals surface area contributed by atoms with Gasteiger partial charge in [0.05, 0.1) is 34.8 Å². The van der Waals surface area contributed by atoms with Gasteiger partial charge in [-0.25, -0.2) is 9.97 Å². The zero-order valence-corrected chi connectivity index (χ0v) is 17.5. The topological polar surface area (TPSA) is 43.1 Å². The molecule has 31 heavy (non-hydrogen) atoms. The molecule has 150 valence electrons. The summed E-state index contributed by atoms with van der Waals surface area (Å²) in [5, 5.41) is 1.67. The molecule has 0 aliphatic heterocycles. The first-order valence-electron chi connectivity index (χ1n) is 10.3. The molecular formula is C26H19ClN4. The number of nitrogens with zero attached hydrogens (tertiary/aromatic N) is 4. The summed E-state index contributed by atoms with van der Waals surface area (Å²) in [6.07, 6.45) is 5.42. The van der Waals surface area contributed by atoms with Crippen molar-refractivity contribution in [2.75, 3.05) is 0 Å². The first-order valence-corrected chi connectivity index (χ1v) is 10.7. The zero-order valence-electron chi connectivity index (χ0n) is 16.8. The molecule has 3 aromatic heterocycles. The summed E-state index contributed by atoms with van der Waals surface area (Å²) >= 11 is 6.53. The fraction of sp³-hybridized carbons (Fsp3) is 0.115. The molecule has 0 amide bonds. The van der Waals surface area contributed by atoms with Gasteiger partial charge in [0.2, 0.25) is 0 Å². The van der Waals surface area contributed by atoms with Crippen molar-refractivity contribution in [3.63, 3.8) is 0 Å². The lowest BCUT2D eigenvalue weighted by atomic mass is 9.80. The van der Waals surface area contributed by atoms with Crippen molar-refractivity contribution in [3.05, 3.63) is 96.2 Å². The predicted molar refractivity (Wildman–Crippen MR) is 125 cm³/mol. The van der Waals surface area contributed by atoms with Crippen LogP contribution in [0.1, 0.15) is 24.6 Å². The van der Waals surface area contributed by atoms with Gasteiger partial charge in [-0.3, -0.25) is 9.38 Å². The predicted octanol–water partition coefficient (Wildman–Crippen LogP) is 6.70. The molecule has 0 bridgehead atoms. The van der Waals surface area contributed by atoms with Crippen LogP contribution in [-0.2, 0) is 0 Å². The van der Waals surface area contributed by atoms with E-state index in [1.54, 1.807) is 6.20 Å². The summed E-state index contributed by atoms with van der Waals surface area (Å²) in [5.74, 6) is 1.33. The van der Waals surface area contributed by atoms with E-state index in [9.17, 15) is 0 Å². The largest absolute Gasteiger partial charge is 0.283 e. The van der Waals surface area contributed by atoms with Crippen LogP contribution in [-0.4, -0.2) is 19.4 Å². The van der Waals surface area contributed by atoms with Crippen LogP contribution in [0.5, 0.6) is 0 Å². The second-order valence-electron chi connectivity index (χ2n) is 8.09. The van der Waals surface area contributed by atoms with Crippen LogP contribution in [0.15, 0.2) is 85.2 Å². The number of rotatable bonds is 3.